The zero-order chi connectivity index (χ0) is 22.2. The summed E-state index contributed by atoms with van der Waals surface area (Å²) in [5.41, 5.74) is 4.10. The van der Waals surface area contributed by atoms with Crippen LogP contribution in [0.2, 0.25) is 0 Å². The van der Waals surface area contributed by atoms with Crippen molar-refractivity contribution in [3.63, 3.8) is 0 Å². The maximum Gasteiger partial charge on any atom is 0.265 e. The van der Waals surface area contributed by atoms with Crippen LogP contribution in [0.3, 0.4) is 0 Å². The van der Waals surface area contributed by atoms with Gasteiger partial charge >= 0.3 is 0 Å². The van der Waals surface area contributed by atoms with Crippen molar-refractivity contribution in [1.29, 1.82) is 0 Å². The molecule has 0 bridgehead atoms. The summed E-state index contributed by atoms with van der Waals surface area (Å²) in [6, 6.07) is 12.9. The van der Waals surface area contributed by atoms with Crippen LogP contribution in [-0.2, 0) is 17.1 Å². The van der Waals surface area contributed by atoms with Crippen molar-refractivity contribution < 1.29 is 8.42 Å². The van der Waals surface area contributed by atoms with Crippen LogP contribution in [0, 0.1) is 13.8 Å². The van der Waals surface area contributed by atoms with Crippen LogP contribution in [0.15, 0.2) is 53.6 Å². The lowest BCUT2D eigenvalue weighted by Crippen LogP contribution is -2.31. The third kappa shape index (κ3) is 3.80. The normalized spacial score (nSPS) is 16.6. The molecule has 164 valence electrons. The molecular formula is C23H29N5O2S. The van der Waals surface area contributed by atoms with E-state index in [2.05, 4.69) is 21.9 Å². The summed E-state index contributed by atoms with van der Waals surface area (Å²) in [5.74, 6) is 0.798. The molecule has 1 unspecified atom stereocenters. The van der Waals surface area contributed by atoms with Gasteiger partial charge in [0.15, 0.2) is 0 Å². The van der Waals surface area contributed by atoms with Gasteiger partial charge in [0.05, 0.1) is 17.4 Å². The van der Waals surface area contributed by atoms with Crippen molar-refractivity contribution in [1.82, 2.24) is 14.8 Å². The predicted octanol–water partition coefficient (Wildman–Crippen LogP) is 3.99. The Morgan fingerprint density at radius 3 is 2.45 bits per heavy atom. The van der Waals surface area contributed by atoms with Gasteiger partial charge in [0.25, 0.3) is 10.0 Å². The fraction of sp³-hybridized carbons (Fsp3) is 0.391. The number of rotatable bonds is 6. The van der Waals surface area contributed by atoms with Crippen molar-refractivity contribution in [2.75, 3.05) is 22.3 Å². The summed E-state index contributed by atoms with van der Waals surface area (Å²) in [6.07, 6.45) is 3.58. The van der Waals surface area contributed by atoms with Crippen molar-refractivity contribution in [2.24, 2.45) is 7.05 Å². The highest BCUT2D eigenvalue weighted by molar-refractivity contribution is 7.92. The van der Waals surface area contributed by atoms with Crippen LogP contribution in [-0.4, -0.2) is 36.3 Å². The molecule has 0 radical (unpaired) electrons. The third-order valence-electron chi connectivity index (χ3n) is 6.09. The van der Waals surface area contributed by atoms with Gasteiger partial charge in [-0.15, -0.1) is 0 Å². The molecule has 31 heavy (non-hydrogen) atoms. The molecule has 0 amide bonds. The molecule has 8 heteroatoms. The molecule has 0 spiro atoms. The molecule has 0 saturated carbocycles. The number of aryl methyl sites for hydroxylation is 2. The maximum atomic E-state index is 13.2. The minimum absolute atomic E-state index is 0.200. The predicted molar refractivity (Wildman–Crippen MR) is 123 cm³/mol. The van der Waals surface area contributed by atoms with Crippen LogP contribution in [0.5, 0.6) is 0 Å². The van der Waals surface area contributed by atoms with E-state index in [9.17, 15) is 8.42 Å². The van der Waals surface area contributed by atoms with Crippen molar-refractivity contribution in [3.8, 4) is 0 Å². The largest absolute Gasteiger partial charge is 0.349 e. The quantitative estimate of drug-likeness (QED) is 0.581. The molecule has 3 heterocycles. The van der Waals surface area contributed by atoms with Crippen LogP contribution >= 0.6 is 0 Å². The molecule has 1 saturated heterocycles. The van der Waals surface area contributed by atoms with Crippen molar-refractivity contribution >= 4 is 21.5 Å². The lowest BCUT2D eigenvalue weighted by atomic mass is 10.0. The van der Waals surface area contributed by atoms with Crippen LogP contribution in [0.25, 0.3) is 0 Å². The SMILES string of the molecule is CCN(c1ccccc1)S(=O)(=O)c1ccc(N2CCCC2c2c(C)nn(C)c2C)nc1. The smallest absolute Gasteiger partial charge is 0.265 e. The monoisotopic (exact) mass is 439 g/mol. The topological polar surface area (TPSA) is 71.3 Å². The summed E-state index contributed by atoms with van der Waals surface area (Å²) < 4.78 is 29.8. The van der Waals surface area contributed by atoms with Gasteiger partial charge in [0.2, 0.25) is 0 Å². The van der Waals surface area contributed by atoms with E-state index in [0.717, 1.165) is 36.6 Å². The minimum atomic E-state index is -3.68. The highest BCUT2D eigenvalue weighted by atomic mass is 32.2. The fourth-order valence-electron chi connectivity index (χ4n) is 4.52. The standard InChI is InChI=1S/C23H29N5O2S/c1-5-28(19-10-7-6-8-11-19)31(29,30)20-13-14-22(24-16-20)27-15-9-12-21(27)23-17(2)25-26(4)18(23)3/h6-8,10-11,13-14,16,21H,5,9,12,15H2,1-4H3. The Morgan fingerprint density at radius 1 is 1.13 bits per heavy atom. The molecule has 1 aromatic carbocycles. The Bertz CT molecular complexity index is 1160. The fourth-order valence-corrected chi connectivity index (χ4v) is 5.94. The first-order valence-electron chi connectivity index (χ1n) is 10.6. The molecule has 3 aromatic rings. The van der Waals surface area contributed by atoms with E-state index in [1.54, 1.807) is 18.2 Å². The molecule has 7 nitrogen and oxygen atoms in total. The summed E-state index contributed by atoms with van der Waals surface area (Å²) in [5, 5.41) is 4.57. The molecule has 1 aliphatic rings. The number of anilines is 2. The Balaban J connectivity index is 1.63. The summed E-state index contributed by atoms with van der Waals surface area (Å²) >= 11 is 0. The first-order valence-corrected chi connectivity index (χ1v) is 12.1. The average molecular weight is 440 g/mol. The van der Waals surface area contributed by atoms with Crippen molar-refractivity contribution in [3.05, 3.63) is 65.6 Å². The van der Waals surface area contributed by atoms with Crippen LogP contribution in [0.4, 0.5) is 11.5 Å². The van der Waals surface area contributed by atoms with Gasteiger partial charge in [0, 0.05) is 37.6 Å². The number of pyridine rings is 1. The first-order chi connectivity index (χ1) is 14.8. The second-order valence-electron chi connectivity index (χ2n) is 7.92. The molecule has 1 fully saturated rings. The first kappa shape index (κ1) is 21.4. The molecule has 4 rings (SSSR count). The molecular weight excluding hydrogens is 410 g/mol. The van der Waals surface area contributed by atoms with Crippen LogP contribution < -0.4 is 9.21 Å². The third-order valence-corrected chi connectivity index (χ3v) is 7.97. The molecule has 0 aliphatic carbocycles. The van der Waals surface area contributed by atoms with E-state index in [1.165, 1.54) is 16.1 Å². The van der Waals surface area contributed by atoms with Gasteiger partial charge in [0.1, 0.15) is 10.7 Å². The van der Waals surface area contributed by atoms with Gasteiger partial charge in [-0.05, 0) is 57.9 Å². The van der Waals surface area contributed by atoms with E-state index in [-0.39, 0.29) is 10.9 Å². The summed E-state index contributed by atoms with van der Waals surface area (Å²) in [7, 11) is -1.71. The lowest BCUT2D eigenvalue weighted by molar-refractivity contribution is 0.591. The Morgan fingerprint density at radius 2 is 1.87 bits per heavy atom. The number of benzene rings is 1. The second kappa shape index (κ2) is 8.34. The summed E-state index contributed by atoms with van der Waals surface area (Å²) in [6.45, 7) is 7.22. The van der Waals surface area contributed by atoms with Crippen molar-refractivity contribution in [2.45, 2.75) is 44.6 Å². The van der Waals surface area contributed by atoms with E-state index < -0.39 is 10.0 Å². The van der Waals surface area contributed by atoms with Gasteiger partial charge in [-0.1, -0.05) is 18.2 Å². The van der Waals surface area contributed by atoms with E-state index in [1.807, 2.05) is 49.8 Å². The molecule has 1 atom stereocenters. The number of para-hydroxylation sites is 1. The number of hydrogen-bond donors (Lipinski definition) is 0. The molecule has 1 aliphatic heterocycles. The Hall–Kier alpha value is -2.87. The second-order valence-corrected chi connectivity index (χ2v) is 9.78. The highest BCUT2D eigenvalue weighted by Crippen LogP contribution is 2.38. The Labute approximate surface area is 184 Å². The van der Waals surface area contributed by atoms with Gasteiger partial charge in [-0.2, -0.15) is 5.10 Å². The zero-order valence-electron chi connectivity index (χ0n) is 18.5. The van der Waals surface area contributed by atoms with Gasteiger partial charge < -0.3 is 4.90 Å². The molecule has 2 aromatic heterocycles. The average Bonchev–Trinajstić information content (AvgIpc) is 3.33. The van der Waals surface area contributed by atoms with E-state index in [4.69, 9.17) is 0 Å². The van der Waals surface area contributed by atoms with E-state index in [0.29, 0.717) is 12.2 Å². The zero-order valence-corrected chi connectivity index (χ0v) is 19.3. The Kier molecular flexibility index (Phi) is 5.75. The van der Waals surface area contributed by atoms with Gasteiger partial charge in [-0.3, -0.25) is 8.99 Å². The maximum absolute atomic E-state index is 13.2. The lowest BCUT2D eigenvalue weighted by Gasteiger charge is -2.27. The number of nitrogens with zero attached hydrogens (tertiary/aromatic N) is 5. The van der Waals surface area contributed by atoms with Crippen LogP contribution in [0.1, 0.15) is 42.8 Å². The summed E-state index contributed by atoms with van der Waals surface area (Å²) in [4.78, 5) is 7.04. The number of sulfonamides is 1. The number of hydrogen-bond acceptors (Lipinski definition) is 5. The van der Waals surface area contributed by atoms with Gasteiger partial charge in [-0.25, -0.2) is 13.4 Å². The highest BCUT2D eigenvalue weighted by Gasteiger charge is 2.32. The van der Waals surface area contributed by atoms with E-state index >= 15 is 0 Å². The molecule has 0 N–H and O–H groups in total. The minimum Gasteiger partial charge on any atom is -0.349 e. The number of aromatic nitrogens is 3.